The number of hydrogen-bond acceptors (Lipinski definition) is 4. The molecular formula is C12H15N3O3. The van der Waals surface area contributed by atoms with Gasteiger partial charge in [-0.3, -0.25) is 4.79 Å². The minimum absolute atomic E-state index is 0.158. The largest absolute Gasteiger partial charge is 0.461 e. The van der Waals surface area contributed by atoms with Gasteiger partial charge in [0.1, 0.15) is 5.65 Å². The number of fused-ring (bicyclic) bond motifs is 1. The lowest BCUT2D eigenvalue weighted by atomic mass is 10.2. The first-order chi connectivity index (χ1) is 8.58. The Kier molecular flexibility index (Phi) is 3.18. The van der Waals surface area contributed by atoms with Crippen molar-refractivity contribution < 1.29 is 9.53 Å². The fourth-order valence-electron chi connectivity index (χ4n) is 1.90. The number of carbonyl (C=O) groups is 1. The number of rotatable bonds is 3. The van der Waals surface area contributed by atoms with Crippen molar-refractivity contribution in [3.05, 3.63) is 33.4 Å². The summed E-state index contributed by atoms with van der Waals surface area (Å²) in [5.74, 6) is -0.484. The summed E-state index contributed by atoms with van der Waals surface area (Å²) < 4.78 is 6.47. The van der Waals surface area contributed by atoms with Crippen molar-refractivity contribution in [1.82, 2.24) is 14.6 Å². The Morgan fingerprint density at radius 2 is 2.22 bits per heavy atom. The van der Waals surface area contributed by atoms with Crippen LogP contribution in [0.3, 0.4) is 0 Å². The van der Waals surface area contributed by atoms with Crippen LogP contribution in [0.5, 0.6) is 0 Å². The van der Waals surface area contributed by atoms with Gasteiger partial charge in [0.15, 0.2) is 5.69 Å². The normalized spacial score (nSPS) is 10.8. The summed E-state index contributed by atoms with van der Waals surface area (Å²) in [5.41, 5.74) is 1.96. The number of nitrogens with zero attached hydrogens (tertiary/aromatic N) is 2. The van der Waals surface area contributed by atoms with E-state index in [0.29, 0.717) is 24.2 Å². The molecule has 18 heavy (non-hydrogen) atoms. The van der Waals surface area contributed by atoms with Crippen LogP contribution in [0.2, 0.25) is 0 Å². The zero-order chi connectivity index (χ0) is 13.3. The van der Waals surface area contributed by atoms with E-state index in [-0.39, 0.29) is 11.3 Å². The summed E-state index contributed by atoms with van der Waals surface area (Å²) in [6, 6.07) is 1.53. The Bertz CT molecular complexity index is 654. The maximum atomic E-state index is 11.7. The van der Waals surface area contributed by atoms with Gasteiger partial charge in [-0.2, -0.15) is 5.10 Å². The van der Waals surface area contributed by atoms with Gasteiger partial charge in [-0.25, -0.2) is 9.31 Å². The number of nitrogens with one attached hydrogen (secondary N) is 1. The van der Waals surface area contributed by atoms with Crippen LogP contribution in [0.4, 0.5) is 0 Å². The van der Waals surface area contributed by atoms with Gasteiger partial charge in [0, 0.05) is 11.6 Å². The molecule has 0 saturated carbocycles. The fourth-order valence-corrected chi connectivity index (χ4v) is 1.90. The summed E-state index contributed by atoms with van der Waals surface area (Å²) in [6.45, 7) is 5.70. The lowest BCUT2D eigenvalue weighted by molar-refractivity contribution is 0.0519. The molecule has 0 radical (unpaired) electrons. The Morgan fingerprint density at radius 1 is 1.50 bits per heavy atom. The summed E-state index contributed by atoms with van der Waals surface area (Å²) in [4.78, 5) is 26.0. The van der Waals surface area contributed by atoms with Crippen molar-refractivity contribution in [3.8, 4) is 0 Å². The van der Waals surface area contributed by atoms with Crippen LogP contribution >= 0.6 is 0 Å². The molecule has 2 aromatic rings. The molecule has 2 aromatic heterocycles. The van der Waals surface area contributed by atoms with E-state index >= 15 is 0 Å². The van der Waals surface area contributed by atoms with Crippen LogP contribution < -0.4 is 5.56 Å². The third kappa shape index (κ3) is 1.90. The zero-order valence-electron chi connectivity index (χ0n) is 10.6. The lowest BCUT2D eigenvalue weighted by Gasteiger charge is -2.04. The summed E-state index contributed by atoms with van der Waals surface area (Å²) >= 11 is 0. The molecule has 2 heterocycles. The van der Waals surface area contributed by atoms with Gasteiger partial charge in [-0.1, -0.05) is 6.92 Å². The molecule has 0 fully saturated rings. The Labute approximate surface area is 104 Å². The zero-order valence-corrected chi connectivity index (χ0v) is 10.6. The van der Waals surface area contributed by atoms with E-state index in [2.05, 4.69) is 10.1 Å². The van der Waals surface area contributed by atoms with Crippen LogP contribution in [-0.2, 0) is 11.2 Å². The van der Waals surface area contributed by atoms with Gasteiger partial charge in [0.05, 0.1) is 12.3 Å². The highest BCUT2D eigenvalue weighted by Gasteiger charge is 2.15. The van der Waals surface area contributed by atoms with Crippen molar-refractivity contribution in [3.63, 3.8) is 0 Å². The third-order valence-corrected chi connectivity index (χ3v) is 2.80. The highest BCUT2D eigenvalue weighted by atomic mass is 16.5. The highest BCUT2D eigenvalue weighted by Crippen LogP contribution is 2.10. The number of aromatic nitrogens is 3. The molecule has 0 bridgehead atoms. The molecule has 96 valence electrons. The smallest absolute Gasteiger partial charge is 0.358 e. The van der Waals surface area contributed by atoms with Crippen LogP contribution in [0.25, 0.3) is 5.65 Å². The standard InChI is InChI=1S/C12H15N3O3/c1-4-9-7(3)11(16)13-10-6-8(14-15(9)10)12(17)18-5-2/h6H,4-5H2,1-3H3,(H,13,16). The van der Waals surface area contributed by atoms with Crippen molar-refractivity contribution in [2.45, 2.75) is 27.2 Å². The molecular weight excluding hydrogens is 234 g/mol. The van der Waals surface area contributed by atoms with Gasteiger partial charge < -0.3 is 9.72 Å². The first kappa shape index (κ1) is 12.3. The second-order valence-corrected chi connectivity index (χ2v) is 3.93. The van der Waals surface area contributed by atoms with Gasteiger partial charge in [-0.15, -0.1) is 0 Å². The molecule has 0 unspecified atom stereocenters. The molecule has 0 saturated heterocycles. The topological polar surface area (TPSA) is 76.5 Å². The molecule has 6 nitrogen and oxygen atoms in total. The van der Waals surface area contributed by atoms with E-state index in [4.69, 9.17) is 4.74 Å². The maximum Gasteiger partial charge on any atom is 0.358 e. The number of aryl methyl sites for hydroxylation is 1. The monoisotopic (exact) mass is 249 g/mol. The van der Waals surface area contributed by atoms with Crippen LogP contribution in [0, 0.1) is 6.92 Å². The average molecular weight is 249 g/mol. The van der Waals surface area contributed by atoms with Crippen molar-refractivity contribution in [2.75, 3.05) is 6.61 Å². The predicted octanol–water partition coefficient (Wildman–Crippen LogP) is 1.07. The van der Waals surface area contributed by atoms with Crippen molar-refractivity contribution in [1.29, 1.82) is 0 Å². The molecule has 1 N–H and O–H groups in total. The summed E-state index contributed by atoms with van der Waals surface area (Å²) in [7, 11) is 0. The number of H-pyrrole nitrogens is 1. The van der Waals surface area contributed by atoms with Crippen LogP contribution in [0.1, 0.15) is 35.6 Å². The summed E-state index contributed by atoms with van der Waals surface area (Å²) in [6.07, 6.45) is 0.663. The highest BCUT2D eigenvalue weighted by molar-refractivity contribution is 5.88. The van der Waals surface area contributed by atoms with E-state index in [9.17, 15) is 9.59 Å². The second-order valence-electron chi connectivity index (χ2n) is 3.93. The predicted molar refractivity (Wildman–Crippen MR) is 65.9 cm³/mol. The van der Waals surface area contributed by atoms with Gasteiger partial charge in [0.2, 0.25) is 0 Å². The molecule has 6 heteroatoms. The van der Waals surface area contributed by atoms with Gasteiger partial charge in [0.25, 0.3) is 5.56 Å². The molecule has 0 aromatic carbocycles. The van der Waals surface area contributed by atoms with Gasteiger partial charge >= 0.3 is 5.97 Å². The fraction of sp³-hybridized carbons (Fsp3) is 0.417. The maximum absolute atomic E-state index is 11.7. The van der Waals surface area contributed by atoms with Crippen molar-refractivity contribution in [2.24, 2.45) is 0 Å². The first-order valence-electron chi connectivity index (χ1n) is 5.87. The molecule has 0 amide bonds. The van der Waals surface area contributed by atoms with E-state index in [0.717, 1.165) is 5.69 Å². The molecule has 0 atom stereocenters. The quantitative estimate of drug-likeness (QED) is 0.825. The number of aromatic amines is 1. The van der Waals surface area contributed by atoms with Gasteiger partial charge in [-0.05, 0) is 20.3 Å². The Balaban J connectivity index is 2.64. The number of carbonyl (C=O) groups excluding carboxylic acids is 1. The minimum Gasteiger partial charge on any atom is -0.461 e. The number of esters is 1. The molecule has 0 aliphatic carbocycles. The third-order valence-electron chi connectivity index (χ3n) is 2.80. The van der Waals surface area contributed by atoms with E-state index < -0.39 is 5.97 Å². The van der Waals surface area contributed by atoms with E-state index in [1.54, 1.807) is 18.4 Å². The Hall–Kier alpha value is -2.11. The lowest BCUT2D eigenvalue weighted by Crippen LogP contribution is -2.17. The second kappa shape index (κ2) is 4.64. The van der Waals surface area contributed by atoms with Crippen LogP contribution in [0.15, 0.2) is 10.9 Å². The molecule has 2 rings (SSSR count). The minimum atomic E-state index is -0.484. The Morgan fingerprint density at radius 3 is 2.83 bits per heavy atom. The average Bonchev–Trinajstić information content (AvgIpc) is 2.74. The van der Waals surface area contributed by atoms with E-state index in [1.807, 2.05) is 6.92 Å². The van der Waals surface area contributed by atoms with Crippen LogP contribution in [-0.4, -0.2) is 27.2 Å². The number of hydrogen-bond donors (Lipinski definition) is 1. The summed E-state index contributed by atoms with van der Waals surface area (Å²) in [5, 5.41) is 4.18. The molecule has 0 aliphatic rings. The first-order valence-corrected chi connectivity index (χ1v) is 5.87. The number of ether oxygens (including phenoxy) is 1. The molecule has 0 spiro atoms. The SMILES string of the molecule is CCOC(=O)c1cc2[nH]c(=O)c(C)c(CC)n2n1. The molecule has 0 aliphatic heterocycles. The van der Waals surface area contributed by atoms with Crippen molar-refractivity contribution >= 4 is 11.6 Å². The van der Waals surface area contributed by atoms with E-state index in [1.165, 1.54) is 6.07 Å².